The van der Waals surface area contributed by atoms with Gasteiger partial charge in [-0.25, -0.2) is 19.6 Å². The number of likely N-dealkylation sites (tertiary alicyclic amines) is 1. The molecule has 9 nitrogen and oxygen atoms in total. The summed E-state index contributed by atoms with van der Waals surface area (Å²) in [5.41, 5.74) is 0. The monoisotopic (exact) mass is 369 g/mol. The number of hydrogen-bond acceptors (Lipinski definition) is 8. The summed E-state index contributed by atoms with van der Waals surface area (Å²) < 4.78 is 13.8. The summed E-state index contributed by atoms with van der Waals surface area (Å²) in [7, 11) is 0. The normalized spacial score (nSPS) is 23.7. The van der Waals surface area contributed by atoms with Crippen LogP contribution < -0.4 is 4.74 Å². The van der Waals surface area contributed by atoms with Gasteiger partial charge in [-0.3, -0.25) is 0 Å². The molecule has 1 aliphatic heterocycles. The Morgan fingerprint density at radius 3 is 2.33 bits per heavy atom. The molecule has 0 atom stereocenters. The van der Waals surface area contributed by atoms with Crippen molar-refractivity contribution in [1.82, 2.24) is 29.6 Å². The quantitative estimate of drug-likeness (QED) is 0.734. The van der Waals surface area contributed by atoms with Crippen LogP contribution in [0.25, 0.3) is 5.82 Å². The molecule has 4 rings (SSSR count). The summed E-state index contributed by atoms with van der Waals surface area (Å²) in [6.45, 7) is 1.62. The highest BCUT2D eigenvalue weighted by Gasteiger charge is 2.27. The number of piperidine rings is 1. The van der Waals surface area contributed by atoms with Crippen molar-refractivity contribution < 1.29 is 9.47 Å². The second-order valence-electron chi connectivity index (χ2n) is 6.99. The molecule has 0 amide bonds. The van der Waals surface area contributed by atoms with Gasteiger partial charge in [-0.2, -0.15) is 10.4 Å². The van der Waals surface area contributed by atoms with Crippen LogP contribution in [0.2, 0.25) is 0 Å². The van der Waals surface area contributed by atoms with E-state index in [1.807, 2.05) is 0 Å². The van der Waals surface area contributed by atoms with Crippen LogP contribution in [0, 0.1) is 11.5 Å². The fraction of sp³-hybridized carbons (Fsp3) is 0.611. The summed E-state index contributed by atoms with van der Waals surface area (Å²) in [6.07, 6.45) is 15.0. The van der Waals surface area contributed by atoms with Crippen LogP contribution in [-0.2, 0) is 4.74 Å². The Labute approximate surface area is 158 Å². The van der Waals surface area contributed by atoms with E-state index < -0.39 is 0 Å². The predicted molar refractivity (Wildman–Crippen MR) is 94.9 cm³/mol. The number of aromatic nitrogens is 5. The maximum Gasteiger partial charge on any atom is 0.232 e. The first-order valence-electron chi connectivity index (χ1n) is 9.44. The summed E-state index contributed by atoms with van der Waals surface area (Å²) >= 11 is 0. The number of ether oxygens (including phenoxy) is 2. The Hall–Kier alpha value is -2.73. The van der Waals surface area contributed by atoms with Crippen LogP contribution in [-0.4, -0.2) is 61.0 Å². The lowest BCUT2D eigenvalue weighted by molar-refractivity contribution is -0.0624. The highest BCUT2D eigenvalue weighted by atomic mass is 16.5. The van der Waals surface area contributed by atoms with Crippen molar-refractivity contribution in [3.05, 3.63) is 25.0 Å². The van der Waals surface area contributed by atoms with Gasteiger partial charge in [0.1, 0.15) is 18.8 Å². The second-order valence-corrected chi connectivity index (χ2v) is 6.99. The van der Waals surface area contributed by atoms with Crippen molar-refractivity contribution in [2.45, 2.75) is 56.8 Å². The first kappa shape index (κ1) is 17.7. The van der Waals surface area contributed by atoms with Gasteiger partial charge < -0.3 is 14.4 Å². The molecule has 27 heavy (non-hydrogen) atoms. The van der Waals surface area contributed by atoms with Crippen LogP contribution >= 0.6 is 0 Å². The van der Waals surface area contributed by atoms with E-state index in [0.29, 0.717) is 17.8 Å². The molecule has 3 heterocycles. The smallest absolute Gasteiger partial charge is 0.232 e. The molecule has 2 aromatic heterocycles. The zero-order valence-corrected chi connectivity index (χ0v) is 15.1. The first-order chi connectivity index (χ1) is 13.3. The fourth-order valence-electron chi connectivity index (χ4n) is 3.64. The van der Waals surface area contributed by atoms with Crippen molar-refractivity contribution in [2.75, 3.05) is 13.1 Å². The number of hydrogen-bond donors (Lipinski definition) is 0. The van der Waals surface area contributed by atoms with Crippen molar-refractivity contribution in [1.29, 1.82) is 5.26 Å². The van der Waals surface area contributed by atoms with Gasteiger partial charge in [-0.05, 0) is 38.5 Å². The van der Waals surface area contributed by atoms with Crippen molar-refractivity contribution in [3.63, 3.8) is 0 Å². The van der Waals surface area contributed by atoms with Gasteiger partial charge in [-0.15, -0.1) is 0 Å². The molecule has 1 aliphatic carbocycles. The van der Waals surface area contributed by atoms with Crippen molar-refractivity contribution >= 4 is 0 Å². The lowest BCUT2D eigenvalue weighted by Crippen LogP contribution is -2.37. The van der Waals surface area contributed by atoms with Gasteiger partial charge in [0.2, 0.25) is 5.88 Å². The van der Waals surface area contributed by atoms with Crippen LogP contribution in [0.1, 0.15) is 38.5 Å². The number of nitrogens with zero attached hydrogens (tertiary/aromatic N) is 7. The van der Waals surface area contributed by atoms with E-state index in [0.717, 1.165) is 51.6 Å². The minimum absolute atomic E-state index is 0.150. The Kier molecular flexibility index (Phi) is 5.44. The van der Waals surface area contributed by atoms with E-state index in [1.54, 1.807) is 28.3 Å². The standard InChI is InChI=1S/C18H23N7O2/c19-11-24-7-5-16(6-8-24)26-14-1-3-15(4-2-14)27-18-10-21-17(9-22-18)25-13-20-12-23-25/h9-10,12-16H,1-8H2/t14-,15-. The Bertz CT molecular complexity index is 743. The molecule has 0 radical (unpaired) electrons. The van der Waals surface area contributed by atoms with Crippen molar-refractivity contribution in [3.8, 4) is 17.9 Å². The molecular weight excluding hydrogens is 346 g/mol. The Morgan fingerprint density at radius 1 is 0.963 bits per heavy atom. The average molecular weight is 369 g/mol. The third-order valence-corrected chi connectivity index (χ3v) is 5.14. The molecular formula is C18H23N7O2. The third-order valence-electron chi connectivity index (χ3n) is 5.14. The van der Waals surface area contributed by atoms with Crippen LogP contribution in [0.5, 0.6) is 5.88 Å². The predicted octanol–water partition coefficient (Wildman–Crippen LogP) is 1.71. The molecule has 0 aromatic carbocycles. The van der Waals surface area contributed by atoms with Gasteiger partial charge in [0.25, 0.3) is 0 Å². The molecule has 0 bridgehead atoms. The van der Waals surface area contributed by atoms with E-state index in [1.165, 1.54) is 6.33 Å². The highest BCUT2D eigenvalue weighted by Crippen LogP contribution is 2.27. The third kappa shape index (κ3) is 4.52. The molecule has 1 saturated carbocycles. The van der Waals surface area contributed by atoms with E-state index in [4.69, 9.17) is 14.7 Å². The van der Waals surface area contributed by atoms with E-state index in [2.05, 4.69) is 26.2 Å². The maximum atomic E-state index is 8.92. The number of nitriles is 1. The molecule has 2 aromatic rings. The van der Waals surface area contributed by atoms with Gasteiger partial charge >= 0.3 is 0 Å². The largest absolute Gasteiger partial charge is 0.473 e. The topological polar surface area (TPSA) is 102 Å². The molecule has 0 spiro atoms. The average Bonchev–Trinajstić information content (AvgIpc) is 3.26. The zero-order valence-electron chi connectivity index (χ0n) is 15.1. The highest BCUT2D eigenvalue weighted by molar-refractivity contribution is 5.18. The molecule has 0 N–H and O–H groups in total. The van der Waals surface area contributed by atoms with E-state index >= 15 is 0 Å². The van der Waals surface area contributed by atoms with Gasteiger partial charge in [0.05, 0.1) is 24.6 Å². The van der Waals surface area contributed by atoms with Gasteiger partial charge in [0.15, 0.2) is 12.0 Å². The summed E-state index contributed by atoms with van der Waals surface area (Å²) in [5, 5.41) is 12.9. The Morgan fingerprint density at radius 2 is 1.70 bits per heavy atom. The minimum atomic E-state index is 0.150. The summed E-state index contributed by atoms with van der Waals surface area (Å²) in [4.78, 5) is 14.3. The summed E-state index contributed by atoms with van der Waals surface area (Å²) in [6, 6.07) is 0. The molecule has 2 aliphatic rings. The van der Waals surface area contributed by atoms with Crippen molar-refractivity contribution in [2.24, 2.45) is 0 Å². The van der Waals surface area contributed by atoms with Gasteiger partial charge in [-0.1, -0.05) is 0 Å². The van der Waals surface area contributed by atoms with E-state index in [-0.39, 0.29) is 12.2 Å². The molecule has 2 fully saturated rings. The zero-order chi connectivity index (χ0) is 18.5. The minimum Gasteiger partial charge on any atom is -0.473 e. The van der Waals surface area contributed by atoms with E-state index in [9.17, 15) is 0 Å². The first-order valence-corrected chi connectivity index (χ1v) is 9.44. The number of rotatable bonds is 5. The SMILES string of the molecule is N#CN1CCC(O[C@H]2CC[C@H](Oc3cnc(-n4cncn4)cn3)CC2)CC1. The fourth-order valence-corrected chi connectivity index (χ4v) is 3.64. The van der Waals surface area contributed by atoms with Crippen LogP contribution in [0.3, 0.4) is 0 Å². The maximum absolute atomic E-state index is 8.92. The van der Waals surface area contributed by atoms with Crippen LogP contribution in [0.4, 0.5) is 0 Å². The Balaban J connectivity index is 1.21. The van der Waals surface area contributed by atoms with Crippen LogP contribution in [0.15, 0.2) is 25.0 Å². The lowest BCUT2D eigenvalue weighted by atomic mass is 9.94. The molecule has 9 heteroatoms. The molecule has 0 unspecified atom stereocenters. The molecule has 142 valence electrons. The summed E-state index contributed by atoms with van der Waals surface area (Å²) in [5.74, 6) is 1.14. The molecule has 1 saturated heterocycles. The lowest BCUT2D eigenvalue weighted by Gasteiger charge is -2.34. The van der Waals surface area contributed by atoms with Gasteiger partial charge in [0, 0.05) is 13.1 Å². The second kappa shape index (κ2) is 8.31.